The second-order valence-electron chi connectivity index (χ2n) is 10.3. The van der Waals surface area contributed by atoms with Crippen LogP contribution in [0.3, 0.4) is 0 Å². The first kappa shape index (κ1) is 31.0. The number of aliphatic hydroxyl groups is 9. The van der Waals surface area contributed by atoms with Crippen molar-refractivity contribution in [3.8, 4) is 28.7 Å². The number of hydrogen-bond donors (Lipinski definition) is 11. The molecule has 0 bridgehead atoms. The van der Waals surface area contributed by atoms with Crippen LogP contribution in [0.15, 0.2) is 36.1 Å². The molecule has 0 aliphatic carbocycles. The zero-order chi connectivity index (χ0) is 31.2. The number of aliphatic hydroxyl groups excluding tert-OH is 8. The van der Waals surface area contributed by atoms with Gasteiger partial charge in [-0.05, 0) is 18.2 Å². The maximum Gasteiger partial charge on any atom is 0.270 e. The maximum atomic E-state index is 10.6. The first-order valence-electron chi connectivity index (χ1n) is 13.2. The molecule has 12 N–H and O–H groups in total. The zero-order valence-electron chi connectivity index (χ0n) is 22.2. The molecule has 236 valence electrons. The summed E-state index contributed by atoms with van der Waals surface area (Å²) in [4.78, 5) is 0. The summed E-state index contributed by atoms with van der Waals surface area (Å²) in [5, 5.41) is 111. The molecule has 16 nitrogen and oxygen atoms in total. The zero-order valence-corrected chi connectivity index (χ0v) is 22.2. The molecule has 11 atom stereocenters. The van der Waals surface area contributed by atoms with E-state index in [1.165, 1.54) is 30.3 Å². The Labute approximate surface area is 243 Å². The van der Waals surface area contributed by atoms with E-state index in [1.807, 2.05) is 0 Å². The van der Waals surface area contributed by atoms with Gasteiger partial charge in [0.15, 0.2) is 17.3 Å². The highest BCUT2D eigenvalue weighted by atomic mass is 16.7. The second kappa shape index (κ2) is 12.3. The third-order valence-electron chi connectivity index (χ3n) is 7.44. The summed E-state index contributed by atoms with van der Waals surface area (Å²) in [6.45, 7) is -1.43. The lowest BCUT2D eigenvalue weighted by molar-refractivity contribution is -0.295. The van der Waals surface area contributed by atoms with Crippen LogP contribution in [0.5, 0.6) is 28.7 Å². The van der Waals surface area contributed by atoms with Gasteiger partial charge in [-0.3, -0.25) is 0 Å². The van der Waals surface area contributed by atoms with Gasteiger partial charge in [-0.25, -0.2) is 0 Å². The van der Waals surface area contributed by atoms with Gasteiger partial charge >= 0.3 is 0 Å². The molecule has 2 aromatic rings. The molecule has 3 aliphatic rings. The van der Waals surface area contributed by atoms with Crippen LogP contribution in [0.25, 0.3) is 6.08 Å². The van der Waals surface area contributed by atoms with Crippen molar-refractivity contribution in [1.82, 2.24) is 0 Å². The Hall–Kier alpha value is -3.42. The summed E-state index contributed by atoms with van der Waals surface area (Å²) in [6.07, 6.45) is -16.0. The molecular weight excluding hydrogens is 580 g/mol. The molecule has 0 aromatic heterocycles. The Balaban J connectivity index is 1.54. The Bertz CT molecular complexity index is 1330. The number of aromatic hydroxyl groups is 4. The predicted molar refractivity (Wildman–Crippen MR) is 140 cm³/mol. The quantitative estimate of drug-likeness (QED) is 0.111. The van der Waals surface area contributed by atoms with Gasteiger partial charge in [0.05, 0.1) is 24.8 Å². The van der Waals surface area contributed by atoms with Crippen LogP contribution >= 0.6 is 0 Å². The Morgan fingerprint density at radius 3 is 1.81 bits per heavy atom. The van der Waals surface area contributed by atoms with Gasteiger partial charge in [-0.15, -0.1) is 0 Å². The highest BCUT2D eigenvalue weighted by Crippen LogP contribution is 2.47. The molecule has 0 radical (unpaired) electrons. The topological polar surface area (TPSA) is 272 Å². The van der Waals surface area contributed by atoms with Crippen molar-refractivity contribution in [1.29, 1.82) is 0 Å². The third kappa shape index (κ3) is 5.89. The summed E-state index contributed by atoms with van der Waals surface area (Å²) in [7, 11) is 0. The SMILES string of the molecule is OC[C@@H]1O[C@@H](OC2=Cc3c(O[C@@H]4O[C@@H](CO)[C@@H](O)[C@H](O)[C@H]4O)cc(O)cc3[OH+]C2c2ccc(O)c(O)c2)[C@H](O)[C@@H](O)[C@H]1O. The average molecular weight is 614 g/mol. The lowest BCUT2D eigenvalue weighted by Crippen LogP contribution is -2.60. The summed E-state index contributed by atoms with van der Waals surface area (Å²) < 4.78 is 27.1. The number of rotatable bonds is 7. The number of ether oxygens (including phenoxy) is 5. The smallest absolute Gasteiger partial charge is 0.270 e. The lowest BCUT2D eigenvalue weighted by atomic mass is 9.98. The highest BCUT2D eigenvalue weighted by Gasteiger charge is 2.48. The molecule has 3 aliphatic heterocycles. The van der Waals surface area contributed by atoms with E-state index in [1.54, 1.807) is 0 Å². The third-order valence-corrected chi connectivity index (χ3v) is 7.44. The number of phenolic OH excluding ortho intramolecular Hbond substituents is 3. The fraction of sp³-hybridized carbons (Fsp3) is 0.481. The number of phenols is 3. The van der Waals surface area contributed by atoms with Gasteiger partial charge in [0.2, 0.25) is 12.6 Å². The van der Waals surface area contributed by atoms with Crippen molar-refractivity contribution in [2.45, 2.75) is 67.5 Å². The van der Waals surface area contributed by atoms with Crippen molar-refractivity contribution in [3.05, 3.63) is 47.2 Å². The number of benzene rings is 2. The molecule has 2 aromatic carbocycles. The Kier molecular flexibility index (Phi) is 8.87. The average Bonchev–Trinajstić information content (AvgIpc) is 2.98. The highest BCUT2D eigenvalue weighted by molar-refractivity contribution is 5.70. The van der Waals surface area contributed by atoms with Crippen LogP contribution in [0, 0.1) is 0 Å². The lowest BCUT2D eigenvalue weighted by Gasteiger charge is -2.40. The van der Waals surface area contributed by atoms with Gasteiger partial charge in [-0.2, -0.15) is 0 Å². The summed E-state index contributed by atoms with van der Waals surface area (Å²) in [5.41, 5.74) is 0.380. The fourth-order valence-corrected chi connectivity index (χ4v) is 5.01. The van der Waals surface area contributed by atoms with Crippen molar-refractivity contribution in [3.63, 3.8) is 0 Å². The van der Waals surface area contributed by atoms with Gasteiger partial charge < -0.3 is 79.9 Å². The molecule has 2 fully saturated rings. The van der Waals surface area contributed by atoms with E-state index in [4.69, 9.17) is 18.9 Å². The Morgan fingerprint density at radius 1 is 0.674 bits per heavy atom. The van der Waals surface area contributed by atoms with E-state index < -0.39 is 92.2 Å². The van der Waals surface area contributed by atoms with Crippen LogP contribution in [0.4, 0.5) is 0 Å². The molecule has 0 amide bonds. The molecule has 43 heavy (non-hydrogen) atoms. The molecule has 5 rings (SSSR count). The fourth-order valence-electron chi connectivity index (χ4n) is 5.01. The van der Waals surface area contributed by atoms with E-state index in [2.05, 4.69) is 4.74 Å². The van der Waals surface area contributed by atoms with Crippen LogP contribution in [-0.4, -0.2) is 136 Å². The summed E-state index contributed by atoms with van der Waals surface area (Å²) >= 11 is 0. The van der Waals surface area contributed by atoms with Crippen molar-refractivity contribution >= 4 is 6.08 Å². The summed E-state index contributed by atoms with van der Waals surface area (Å²) in [6, 6.07) is 6.17. The van der Waals surface area contributed by atoms with E-state index in [0.29, 0.717) is 0 Å². The Morgan fingerprint density at radius 2 is 1.26 bits per heavy atom. The van der Waals surface area contributed by atoms with E-state index in [9.17, 15) is 56.2 Å². The largest absolute Gasteiger partial charge is 0.571 e. The van der Waals surface area contributed by atoms with Crippen molar-refractivity contribution < 1.29 is 79.9 Å². The molecule has 0 saturated carbocycles. The molecule has 3 heterocycles. The van der Waals surface area contributed by atoms with Gasteiger partial charge in [0.25, 0.3) is 11.9 Å². The van der Waals surface area contributed by atoms with Crippen molar-refractivity contribution in [2.24, 2.45) is 0 Å². The van der Waals surface area contributed by atoms with E-state index >= 15 is 0 Å². The minimum absolute atomic E-state index is 0.0914. The molecule has 2 saturated heterocycles. The standard InChI is InChI=1S/C27H32O16/c28-7-17-19(33)21(35)23(37)26(42-17)40-15-5-10(30)4-14-11(15)6-16(25(39-14)9-1-2-12(31)13(32)3-9)41-27-24(38)22(36)20(34)18(8-29)43-27/h1-6,17-38H,7-8H2/p+1/t17-,18-,19+,20-,21-,22-,23+,24+,25?,26+,27+/m0/s1. The van der Waals surface area contributed by atoms with Crippen molar-refractivity contribution in [2.75, 3.05) is 13.2 Å². The van der Waals surface area contributed by atoms with E-state index in [0.717, 1.165) is 6.07 Å². The first-order valence-corrected chi connectivity index (χ1v) is 13.2. The minimum atomic E-state index is -1.79. The van der Waals surface area contributed by atoms with Crippen LogP contribution < -0.4 is 4.74 Å². The van der Waals surface area contributed by atoms with Gasteiger partial charge in [0, 0.05) is 12.1 Å². The monoisotopic (exact) mass is 613 g/mol. The van der Waals surface area contributed by atoms with Crippen LogP contribution in [0.1, 0.15) is 17.2 Å². The molecule has 16 heteroatoms. The maximum absolute atomic E-state index is 10.6. The van der Waals surface area contributed by atoms with Crippen LogP contribution in [0.2, 0.25) is 0 Å². The molecular formula is C27H33O16+. The predicted octanol–water partition coefficient (Wildman–Crippen LogP) is -2.86. The number of hydrogen-bond acceptors (Lipinski definition) is 15. The molecule has 0 spiro atoms. The van der Waals surface area contributed by atoms with Gasteiger partial charge in [-0.1, -0.05) is 0 Å². The van der Waals surface area contributed by atoms with E-state index in [-0.39, 0.29) is 34.1 Å². The first-order chi connectivity index (χ1) is 20.4. The van der Waals surface area contributed by atoms with Crippen LogP contribution in [-0.2, 0) is 14.2 Å². The minimum Gasteiger partial charge on any atom is -0.571 e. The molecule has 1 unspecified atom stereocenters. The second-order valence-corrected chi connectivity index (χ2v) is 10.3. The number of fused-ring (bicyclic) bond motifs is 1. The van der Waals surface area contributed by atoms with Gasteiger partial charge in [0.1, 0.15) is 65.9 Å². The normalized spacial score (nSPS) is 35.8. The summed E-state index contributed by atoms with van der Waals surface area (Å²) in [5.74, 6) is -1.42.